The lowest BCUT2D eigenvalue weighted by Gasteiger charge is -2.17. The molecule has 120 valence electrons. The Hall–Kier alpha value is -1.86. The minimum absolute atomic E-state index is 0.0983. The molecule has 0 aliphatic heterocycles. The Morgan fingerprint density at radius 1 is 1.48 bits per heavy atom. The number of furan rings is 1. The monoisotopic (exact) mass is 393 g/mol. The van der Waals surface area contributed by atoms with Gasteiger partial charge in [-0.25, -0.2) is 0 Å². The zero-order valence-electron chi connectivity index (χ0n) is 12.7. The van der Waals surface area contributed by atoms with Crippen LogP contribution in [0.5, 0.6) is 0 Å². The molecule has 0 aliphatic rings. The minimum atomic E-state index is -0.175. The third-order valence-electron chi connectivity index (χ3n) is 3.46. The van der Waals surface area contributed by atoms with Crippen LogP contribution in [-0.2, 0) is 0 Å². The summed E-state index contributed by atoms with van der Waals surface area (Å²) in [4.78, 5) is 12.9. The Morgan fingerprint density at radius 2 is 2.30 bits per heavy atom. The van der Waals surface area contributed by atoms with Crippen LogP contribution >= 0.6 is 27.3 Å². The summed E-state index contributed by atoms with van der Waals surface area (Å²) >= 11 is 4.77. The molecule has 0 fully saturated rings. The van der Waals surface area contributed by atoms with Gasteiger partial charge in [0.1, 0.15) is 11.8 Å². The highest BCUT2D eigenvalue weighted by molar-refractivity contribution is 9.10. The summed E-state index contributed by atoms with van der Waals surface area (Å²) in [5.41, 5.74) is 1.96. The number of rotatable bonds is 5. The first kappa shape index (κ1) is 16.0. The number of carbonyl (C=O) groups is 1. The number of aryl methyl sites for hydroxylation is 2. The topological polar surface area (TPSA) is 60.1 Å². The van der Waals surface area contributed by atoms with Gasteiger partial charge in [0.05, 0.1) is 16.8 Å². The van der Waals surface area contributed by atoms with Crippen LogP contribution in [0.15, 0.2) is 44.8 Å². The van der Waals surface area contributed by atoms with Gasteiger partial charge in [0, 0.05) is 22.1 Å². The maximum atomic E-state index is 12.3. The molecule has 0 radical (unpaired) electrons. The molecule has 3 aromatic heterocycles. The van der Waals surface area contributed by atoms with Gasteiger partial charge < -0.3 is 9.73 Å². The lowest BCUT2D eigenvalue weighted by molar-refractivity contribution is 0.0952. The van der Waals surface area contributed by atoms with Crippen molar-refractivity contribution in [3.05, 3.63) is 62.4 Å². The number of nitrogens with zero attached hydrogens (tertiary/aromatic N) is 2. The summed E-state index contributed by atoms with van der Waals surface area (Å²) < 4.78 is 8.34. The zero-order chi connectivity index (χ0) is 16.4. The predicted molar refractivity (Wildman–Crippen MR) is 92.9 cm³/mol. The quantitative estimate of drug-likeness (QED) is 0.713. The van der Waals surface area contributed by atoms with Gasteiger partial charge in [0.25, 0.3) is 5.91 Å². The summed E-state index contributed by atoms with van der Waals surface area (Å²) in [7, 11) is 0. The van der Waals surface area contributed by atoms with Crippen molar-refractivity contribution in [1.82, 2.24) is 15.1 Å². The van der Waals surface area contributed by atoms with Crippen molar-refractivity contribution in [3.8, 4) is 0 Å². The fourth-order valence-corrected chi connectivity index (χ4v) is 3.80. The summed E-state index contributed by atoms with van der Waals surface area (Å²) in [6, 6.07) is 7.38. The van der Waals surface area contributed by atoms with Crippen LogP contribution in [0, 0.1) is 13.8 Å². The Morgan fingerprint density at radius 3 is 2.87 bits per heavy atom. The van der Waals surface area contributed by atoms with Crippen LogP contribution < -0.4 is 5.32 Å². The lowest BCUT2D eigenvalue weighted by Crippen LogP contribution is -2.31. The van der Waals surface area contributed by atoms with Crippen molar-refractivity contribution in [2.24, 2.45) is 0 Å². The minimum Gasteiger partial charge on any atom is -0.467 e. The summed E-state index contributed by atoms with van der Waals surface area (Å²) in [5.74, 6) is 0.669. The number of hydrogen-bond donors (Lipinski definition) is 1. The number of nitrogens with one attached hydrogen (secondary N) is 1. The van der Waals surface area contributed by atoms with E-state index in [9.17, 15) is 4.79 Å². The number of hydrogen-bond acceptors (Lipinski definition) is 4. The standard InChI is InChI=1S/C16H16BrN3O2S/c1-10-6-11(2)20(19-10)13(14-4-3-5-22-14)8-18-16(21)15-7-12(17)9-23-15/h3-7,9,13H,8H2,1-2H3,(H,18,21). The average Bonchev–Trinajstić information content (AvgIpc) is 3.22. The van der Waals surface area contributed by atoms with Gasteiger partial charge in [-0.1, -0.05) is 0 Å². The van der Waals surface area contributed by atoms with Gasteiger partial charge in [-0.3, -0.25) is 9.48 Å². The number of amides is 1. The van der Waals surface area contributed by atoms with E-state index in [4.69, 9.17) is 4.42 Å². The van der Waals surface area contributed by atoms with Crippen LogP contribution in [0.1, 0.15) is 32.9 Å². The first-order chi connectivity index (χ1) is 11.0. The molecule has 0 saturated heterocycles. The van der Waals surface area contributed by atoms with Crippen molar-refractivity contribution < 1.29 is 9.21 Å². The molecule has 3 heterocycles. The summed E-state index contributed by atoms with van der Waals surface area (Å²) in [6.45, 7) is 4.35. The number of aromatic nitrogens is 2. The van der Waals surface area contributed by atoms with Crippen LogP contribution in [0.2, 0.25) is 0 Å². The van der Waals surface area contributed by atoms with E-state index in [2.05, 4.69) is 26.3 Å². The summed E-state index contributed by atoms with van der Waals surface area (Å²) in [5, 5.41) is 9.38. The molecule has 0 bridgehead atoms. The molecule has 3 aromatic rings. The number of carbonyl (C=O) groups excluding carboxylic acids is 1. The molecule has 0 saturated carbocycles. The molecule has 1 amide bonds. The van der Waals surface area contributed by atoms with Gasteiger partial charge in [-0.15, -0.1) is 11.3 Å². The molecule has 1 unspecified atom stereocenters. The van der Waals surface area contributed by atoms with E-state index in [1.54, 1.807) is 6.26 Å². The van der Waals surface area contributed by atoms with E-state index in [-0.39, 0.29) is 11.9 Å². The van der Waals surface area contributed by atoms with Crippen LogP contribution in [0.3, 0.4) is 0 Å². The highest BCUT2D eigenvalue weighted by atomic mass is 79.9. The Kier molecular flexibility index (Phi) is 4.68. The molecule has 23 heavy (non-hydrogen) atoms. The molecule has 0 aromatic carbocycles. The van der Waals surface area contributed by atoms with Crippen LogP contribution in [0.4, 0.5) is 0 Å². The molecule has 5 nitrogen and oxygen atoms in total. The van der Waals surface area contributed by atoms with E-state index < -0.39 is 0 Å². The Balaban J connectivity index is 1.80. The second-order valence-corrected chi connectivity index (χ2v) is 7.07. The highest BCUT2D eigenvalue weighted by Gasteiger charge is 2.21. The normalized spacial score (nSPS) is 12.3. The molecule has 1 N–H and O–H groups in total. The first-order valence-corrected chi connectivity index (χ1v) is 8.80. The van der Waals surface area contributed by atoms with E-state index in [1.807, 2.05) is 48.2 Å². The second kappa shape index (κ2) is 6.72. The maximum absolute atomic E-state index is 12.3. The lowest BCUT2D eigenvalue weighted by atomic mass is 10.2. The van der Waals surface area contributed by atoms with Crippen molar-refractivity contribution >= 4 is 33.2 Å². The van der Waals surface area contributed by atoms with Crippen molar-refractivity contribution in [3.63, 3.8) is 0 Å². The van der Waals surface area contributed by atoms with Gasteiger partial charge in [-0.05, 0) is 54.0 Å². The van der Waals surface area contributed by atoms with E-state index >= 15 is 0 Å². The first-order valence-electron chi connectivity index (χ1n) is 7.13. The van der Waals surface area contributed by atoms with Crippen molar-refractivity contribution in [2.75, 3.05) is 6.54 Å². The second-order valence-electron chi connectivity index (χ2n) is 5.24. The molecule has 7 heteroatoms. The molecule has 3 rings (SSSR count). The smallest absolute Gasteiger partial charge is 0.261 e. The van der Waals surface area contributed by atoms with E-state index in [0.29, 0.717) is 11.4 Å². The fraction of sp³-hybridized carbons (Fsp3) is 0.250. The molecule has 1 atom stereocenters. The van der Waals surface area contributed by atoms with Crippen LogP contribution in [0.25, 0.3) is 0 Å². The number of halogens is 1. The third-order valence-corrected chi connectivity index (χ3v) is 5.15. The fourth-order valence-electron chi connectivity index (χ4n) is 2.46. The predicted octanol–water partition coefficient (Wildman–Crippen LogP) is 3.94. The van der Waals surface area contributed by atoms with E-state index in [1.165, 1.54) is 11.3 Å². The molecule has 0 spiro atoms. The SMILES string of the molecule is Cc1cc(C)n(C(CNC(=O)c2cc(Br)cs2)c2ccco2)n1. The Labute approximate surface area is 146 Å². The zero-order valence-corrected chi connectivity index (χ0v) is 15.1. The largest absolute Gasteiger partial charge is 0.467 e. The third kappa shape index (κ3) is 3.56. The Bertz CT molecular complexity index is 807. The van der Waals surface area contributed by atoms with Gasteiger partial charge >= 0.3 is 0 Å². The van der Waals surface area contributed by atoms with Gasteiger partial charge in [0.15, 0.2) is 0 Å². The van der Waals surface area contributed by atoms with E-state index in [0.717, 1.165) is 21.6 Å². The summed E-state index contributed by atoms with van der Waals surface area (Å²) in [6.07, 6.45) is 1.63. The molecular weight excluding hydrogens is 378 g/mol. The maximum Gasteiger partial charge on any atom is 0.261 e. The van der Waals surface area contributed by atoms with Gasteiger partial charge in [0.2, 0.25) is 0 Å². The average molecular weight is 394 g/mol. The molecule has 0 aliphatic carbocycles. The van der Waals surface area contributed by atoms with Crippen molar-refractivity contribution in [2.45, 2.75) is 19.9 Å². The highest BCUT2D eigenvalue weighted by Crippen LogP contribution is 2.22. The van der Waals surface area contributed by atoms with Crippen LogP contribution in [-0.4, -0.2) is 22.2 Å². The molecular formula is C16H16BrN3O2S. The van der Waals surface area contributed by atoms with Crippen molar-refractivity contribution in [1.29, 1.82) is 0 Å². The number of thiophene rings is 1. The van der Waals surface area contributed by atoms with Gasteiger partial charge in [-0.2, -0.15) is 5.10 Å².